The third kappa shape index (κ3) is 11.7. The van der Waals surface area contributed by atoms with E-state index in [0.29, 0.717) is 54.3 Å². The predicted molar refractivity (Wildman–Crippen MR) is 172 cm³/mol. The highest BCUT2D eigenvalue weighted by Gasteiger charge is 2.23. The van der Waals surface area contributed by atoms with E-state index in [9.17, 15) is 10.2 Å². The minimum atomic E-state index is -0.0389. The molecule has 6 nitrogen and oxygen atoms in total. The largest absolute Gasteiger partial charge is 0.497 e. The van der Waals surface area contributed by atoms with Gasteiger partial charge in [0.2, 0.25) is 0 Å². The number of hydrogen-bond acceptors (Lipinski definition) is 6. The van der Waals surface area contributed by atoms with Crippen LogP contribution in [0.5, 0.6) is 23.0 Å². The van der Waals surface area contributed by atoms with E-state index in [1.54, 1.807) is 14.2 Å². The summed E-state index contributed by atoms with van der Waals surface area (Å²) in [6.07, 6.45) is 9.22. The van der Waals surface area contributed by atoms with E-state index in [2.05, 4.69) is 34.6 Å². The van der Waals surface area contributed by atoms with E-state index >= 15 is 0 Å². The fourth-order valence-corrected chi connectivity index (χ4v) is 6.20. The van der Waals surface area contributed by atoms with Gasteiger partial charge in [-0.25, -0.2) is 0 Å². The van der Waals surface area contributed by atoms with Gasteiger partial charge in [0.15, 0.2) is 0 Å². The third-order valence-electron chi connectivity index (χ3n) is 9.09. The number of rotatable bonds is 22. The lowest BCUT2D eigenvalue weighted by atomic mass is 9.76. The Hall–Kier alpha value is -2.44. The van der Waals surface area contributed by atoms with E-state index < -0.39 is 0 Å². The van der Waals surface area contributed by atoms with Crippen molar-refractivity contribution in [2.45, 2.75) is 99.2 Å². The van der Waals surface area contributed by atoms with Crippen LogP contribution < -0.4 is 18.9 Å². The Morgan fingerprint density at radius 3 is 1.52 bits per heavy atom. The first-order valence-electron chi connectivity index (χ1n) is 16.1. The number of methoxy groups -OCH3 is 2. The topological polar surface area (TPSA) is 77.4 Å². The summed E-state index contributed by atoms with van der Waals surface area (Å²) in [6.45, 7) is 13.0. The SMILES string of the molecule is CCC(CCOc1cc(OC)ccc1CO)CC(C)CC(CC)C(C)CC(CC)CCOc1cc(OC)ccc1CO. The fraction of sp³-hybridized carbons (Fsp3) is 0.667. The number of ether oxygens (including phenoxy) is 4. The Morgan fingerprint density at radius 2 is 1.12 bits per heavy atom. The van der Waals surface area contributed by atoms with E-state index in [1.165, 1.54) is 25.7 Å². The molecule has 0 saturated heterocycles. The van der Waals surface area contributed by atoms with Gasteiger partial charge in [-0.15, -0.1) is 0 Å². The second-order valence-corrected chi connectivity index (χ2v) is 12.0. The van der Waals surface area contributed by atoms with Gasteiger partial charge in [-0.05, 0) is 86.0 Å². The molecular formula is C36H58O6. The van der Waals surface area contributed by atoms with Gasteiger partial charge in [-0.1, -0.05) is 53.9 Å². The Morgan fingerprint density at radius 1 is 0.643 bits per heavy atom. The van der Waals surface area contributed by atoms with Crippen molar-refractivity contribution in [2.24, 2.45) is 29.6 Å². The first-order chi connectivity index (χ1) is 20.3. The Labute approximate surface area is 255 Å². The zero-order chi connectivity index (χ0) is 30.9. The molecule has 0 fully saturated rings. The molecule has 0 heterocycles. The van der Waals surface area contributed by atoms with Crippen LogP contribution in [0.1, 0.15) is 97.1 Å². The number of hydrogen-bond donors (Lipinski definition) is 2. The summed E-state index contributed by atoms with van der Waals surface area (Å²) in [6, 6.07) is 11.2. The summed E-state index contributed by atoms with van der Waals surface area (Å²) < 4.78 is 22.9. The normalized spacial score (nSPS) is 15.0. The van der Waals surface area contributed by atoms with Crippen molar-refractivity contribution in [1.29, 1.82) is 0 Å². The van der Waals surface area contributed by atoms with Crippen molar-refractivity contribution in [2.75, 3.05) is 27.4 Å². The van der Waals surface area contributed by atoms with Gasteiger partial charge in [-0.3, -0.25) is 0 Å². The molecule has 0 aliphatic carbocycles. The molecule has 0 aromatic heterocycles. The molecule has 2 aromatic carbocycles. The molecule has 0 aliphatic rings. The lowest BCUT2D eigenvalue weighted by molar-refractivity contribution is 0.191. The van der Waals surface area contributed by atoms with Crippen LogP contribution in [0.15, 0.2) is 36.4 Å². The number of aliphatic hydroxyl groups excluding tert-OH is 2. The summed E-state index contributed by atoms with van der Waals surface area (Å²) in [5.74, 6) is 6.21. The fourth-order valence-electron chi connectivity index (χ4n) is 6.20. The maximum atomic E-state index is 9.67. The molecule has 2 N–H and O–H groups in total. The van der Waals surface area contributed by atoms with E-state index in [0.717, 1.165) is 48.3 Å². The average Bonchev–Trinajstić information content (AvgIpc) is 3.02. The van der Waals surface area contributed by atoms with Gasteiger partial charge in [0.1, 0.15) is 23.0 Å². The Kier molecular flexibility index (Phi) is 16.8. The molecular weight excluding hydrogens is 528 g/mol. The minimum absolute atomic E-state index is 0.0387. The van der Waals surface area contributed by atoms with Crippen LogP contribution >= 0.6 is 0 Å². The molecule has 0 saturated carbocycles. The molecule has 0 spiro atoms. The molecule has 6 heteroatoms. The first-order valence-corrected chi connectivity index (χ1v) is 16.1. The summed E-state index contributed by atoms with van der Waals surface area (Å²) in [7, 11) is 3.29. The molecule has 5 atom stereocenters. The Bertz CT molecular complexity index is 1010. The van der Waals surface area contributed by atoms with Crippen LogP contribution in [0.25, 0.3) is 0 Å². The maximum Gasteiger partial charge on any atom is 0.128 e. The van der Waals surface area contributed by atoms with Crippen LogP contribution in [0.2, 0.25) is 0 Å². The second-order valence-electron chi connectivity index (χ2n) is 12.0. The van der Waals surface area contributed by atoms with Gasteiger partial charge in [0, 0.05) is 23.3 Å². The van der Waals surface area contributed by atoms with Gasteiger partial charge >= 0.3 is 0 Å². The summed E-state index contributed by atoms with van der Waals surface area (Å²) in [5.41, 5.74) is 1.59. The van der Waals surface area contributed by atoms with Crippen LogP contribution in [-0.2, 0) is 13.2 Å². The predicted octanol–water partition coefficient (Wildman–Crippen LogP) is 8.45. The smallest absolute Gasteiger partial charge is 0.128 e. The average molecular weight is 587 g/mol. The van der Waals surface area contributed by atoms with Gasteiger partial charge in [0.05, 0.1) is 40.6 Å². The lowest BCUT2D eigenvalue weighted by Gasteiger charge is -2.30. The first kappa shape index (κ1) is 35.8. The van der Waals surface area contributed by atoms with E-state index in [1.807, 2.05) is 36.4 Å². The molecule has 42 heavy (non-hydrogen) atoms. The quantitative estimate of drug-likeness (QED) is 0.144. The van der Waals surface area contributed by atoms with Crippen LogP contribution in [0.3, 0.4) is 0 Å². The molecule has 2 aromatic rings. The maximum absolute atomic E-state index is 9.67. The molecule has 0 amide bonds. The van der Waals surface area contributed by atoms with Gasteiger partial charge in [0.25, 0.3) is 0 Å². The highest BCUT2D eigenvalue weighted by molar-refractivity contribution is 5.41. The van der Waals surface area contributed by atoms with Gasteiger partial charge in [-0.2, -0.15) is 0 Å². The molecule has 238 valence electrons. The zero-order valence-electron chi connectivity index (χ0n) is 27.4. The van der Waals surface area contributed by atoms with Crippen molar-refractivity contribution in [3.05, 3.63) is 47.5 Å². The molecule has 0 bridgehead atoms. The van der Waals surface area contributed by atoms with Crippen LogP contribution in [0, 0.1) is 29.6 Å². The van der Waals surface area contributed by atoms with Crippen molar-refractivity contribution >= 4 is 0 Å². The summed E-state index contributed by atoms with van der Waals surface area (Å²) in [4.78, 5) is 0. The van der Waals surface area contributed by atoms with E-state index in [-0.39, 0.29) is 13.2 Å². The standard InChI is InChI=1S/C36H58O6/c1-8-28(15-17-41-35-22-33(39-6)13-11-31(35)24-37)19-26(4)20-30(10-3)27(5)21-29(9-2)16-18-42-36-23-34(40-7)14-12-32(36)25-38/h11-14,22-23,26-30,37-38H,8-10,15-21,24-25H2,1-7H3. The van der Waals surface area contributed by atoms with E-state index in [4.69, 9.17) is 18.9 Å². The molecule has 0 radical (unpaired) electrons. The number of aliphatic hydroxyl groups is 2. The van der Waals surface area contributed by atoms with Crippen molar-refractivity contribution in [3.63, 3.8) is 0 Å². The minimum Gasteiger partial charge on any atom is -0.497 e. The third-order valence-corrected chi connectivity index (χ3v) is 9.09. The van der Waals surface area contributed by atoms with Crippen molar-refractivity contribution < 1.29 is 29.2 Å². The van der Waals surface area contributed by atoms with Crippen LogP contribution in [-0.4, -0.2) is 37.6 Å². The number of benzene rings is 2. The lowest BCUT2D eigenvalue weighted by Crippen LogP contribution is -2.20. The summed E-state index contributed by atoms with van der Waals surface area (Å²) >= 11 is 0. The van der Waals surface area contributed by atoms with Crippen molar-refractivity contribution in [3.8, 4) is 23.0 Å². The molecule has 0 aliphatic heterocycles. The molecule has 2 rings (SSSR count). The van der Waals surface area contributed by atoms with Crippen LogP contribution in [0.4, 0.5) is 0 Å². The monoisotopic (exact) mass is 586 g/mol. The Balaban J connectivity index is 1.83. The zero-order valence-corrected chi connectivity index (χ0v) is 27.4. The second kappa shape index (κ2) is 19.7. The highest BCUT2D eigenvalue weighted by atomic mass is 16.5. The summed E-state index contributed by atoms with van der Waals surface area (Å²) in [5, 5.41) is 19.3. The molecule has 5 unspecified atom stereocenters. The van der Waals surface area contributed by atoms with Crippen molar-refractivity contribution in [1.82, 2.24) is 0 Å². The van der Waals surface area contributed by atoms with Gasteiger partial charge < -0.3 is 29.2 Å². The highest BCUT2D eigenvalue weighted by Crippen LogP contribution is 2.34.